The van der Waals surface area contributed by atoms with Gasteiger partial charge in [0.1, 0.15) is 6.29 Å². The maximum Gasteiger partial charge on any atom is 0.212 e. The van der Waals surface area contributed by atoms with E-state index in [1.165, 1.54) is 0 Å². The van der Waals surface area contributed by atoms with Gasteiger partial charge in [-0.25, -0.2) is 13.1 Å². The van der Waals surface area contributed by atoms with Crippen molar-refractivity contribution in [1.29, 1.82) is 0 Å². The quantitative estimate of drug-likeness (QED) is 0.764. The third-order valence-corrected chi connectivity index (χ3v) is 4.19. The van der Waals surface area contributed by atoms with Crippen molar-refractivity contribution in [2.75, 3.05) is 5.75 Å². The second kappa shape index (κ2) is 6.66. The Balaban J connectivity index is 2.57. The molecule has 1 aromatic rings. The highest BCUT2D eigenvalue weighted by atomic mass is 32.2. The van der Waals surface area contributed by atoms with Crippen LogP contribution < -0.4 is 4.72 Å². The van der Waals surface area contributed by atoms with Crippen LogP contribution in [0.3, 0.4) is 0 Å². The first kappa shape index (κ1) is 14.9. The smallest absolute Gasteiger partial charge is 0.212 e. The zero-order valence-electron chi connectivity index (χ0n) is 10.7. The van der Waals surface area contributed by atoms with Crippen molar-refractivity contribution in [3.63, 3.8) is 0 Å². The summed E-state index contributed by atoms with van der Waals surface area (Å²) in [5.74, 6) is -0.588. The lowest BCUT2D eigenvalue weighted by Gasteiger charge is -2.14. The van der Waals surface area contributed by atoms with Gasteiger partial charge in [0.25, 0.3) is 0 Å². The Morgan fingerprint density at radius 2 is 1.83 bits per heavy atom. The Morgan fingerprint density at radius 3 is 2.33 bits per heavy atom. The molecule has 1 atom stereocenters. The first-order valence-corrected chi connectivity index (χ1v) is 7.56. The summed E-state index contributed by atoms with van der Waals surface area (Å²) in [7, 11) is -3.42. The maximum atomic E-state index is 11.8. The zero-order chi connectivity index (χ0) is 13.6. The standard InChI is InChI=1S/C13H19NO3S/c1-11(2)13(9-15)10-18(16,17)14-8-12-6-4-3-5-7-12/h3-7,9,11,13-14H,8,10H2,1-2H3. The lowest BCUT2D eigenvalue weighted by atomic mass is 10.0. The van der Waals surface area contributed by atoms with Crippen molar-refractivity contribution < 1.29 is 13.2 Å². The summed E-state index contributed by atoms with van der Waals surface area (Å²) >= 11 is 0. The summed E-state index contributed by atoms with van der Waals surface area (Å²) in [5, 5.41) is 0. The molecule has 0 heterocycles. The highest BCUT2D eigenvalue weighted by Crippen LogP contribution is 2.10. The van der Waals surface area contributed by atoms with Crippen LogP contribution in [0.1, 0.15) is 19.4 Å². The number of hydrogen-bond acceptors (Lipinski definition) is 3. The van der Waals surface area contributed by atoms with E-state index < -0.39 is 15.9 Å². The minimum absolute atomic E-state index is 0.0239. The largest absolute Gasteiger partial charge is 0.303 e. The number of benzene rings is 1. The van der Waals surface area contributed by atoms with Crippen LogP contribution in [0, 0.1) is 11.8 Å². The summed E-state index contributed by atoms with van der Waals surface area (Å²) in [6, 6.07) is 9.28. The minimum atomic E-state index is -3.42. The molecule has 0 fully saturated rings. The van der Waals surface area contributed by atoms with Crippen molar-refractivity contribution in [3.8, 4) is 0 Å². The van der Waals surface area contributed by atoms with Gasteiger partial charge in [-0.15, -0.1) is 0 Å². The van der Waals surface area contributed by atoms with E-state index in [0.29, 0.717) is 6.29 Å². The van der Waals surface area contributed by atoms with Gasteiger partial charge in [-0.1, -0.05) is 44.2 Å². The van der Waals surface area contributed by atoms with Crippen LogP contribution in [-0.2, 0) is 21.4 Å². The molecule has 0 bridgehead atoms. The van der Waals surface area contributed by atoms with E-state index in [0.717, 1.165) is 5.56 Å². The van der Waals surface area contributed by atoms with Gasteiger partial charge in [-0.3, -0.25) is 0 Å². The second-order valence-electron chi connectivity index (χ2n) is 4.63. The average Bonchev–Trinajstić information content (AvgIpc) is 2.35. The van der Waals surface area contributed by atoms with Crippen LogP contribution in [0.25, 0.3) is 0 Å². The van der Waals surface area contributed by atoms with Crippen LogP contribution in [-0.4, -0.2) is 20.5 Å². The second-order valence-corrected chi connectivity index (χ2v) is 6.48. The lowest BCUT2D eigenvalue weighted by Crippen LogP contribution is -2.31. The Labute approximate surface area is 108 Å². The number of carbonyl (C=O) groups excluding carboxylic acids is 1. The third-order valence-electron chi connectivity index (χ3n) is 2.78. The molecule has 0 aliphatic carbocycles. The van der Waals surface area contributed by atoms with Gasteiger partial charge >= 0.3 is 0 Å². The number of hydrogen-bond donors (Lipinski definition) is 1. The van der Waals surface area contributed by atoms with Crippen molar-refractivity contribution >= 4 is 16.3 Å². The minimum Gasteiger partial charge on any atom is -0.303 e. The van der Waals surface area contributed by atoms with Gasteiger partial charge in [0, 0.05) is 12.5 Å². The van der Waals surface area contributed by atoms with E-state index in [-0.39, 0.29) is 18.2 Å². The van der Waals surface area contributed by atoms with Crippen LogP contribution in [0.2, 0.25) is 0 Å². The highest BCUT2D eigenvalue weighted by molar-refractivity contribution is 7.89. The number of aldehydes is 1. The number of nitrogens with one attached hydrogen (secondary N) is 1. The molecule has 0 aromatic heterocycles. The van der Waals surface area contributed by atoms with Gasteiger partial charge in [0.05, 0.1) is 5.75 Å². The fourth-order valence-corrected chi connectivity index (χ4v) is 2.96. The molecule has 100 valence electrons. The molecule has 4 nitrogen and oxygen atoms in total. The van der Waals surface area contributed by atoms with Gasteiger partial charge in [-0.2, -0.15) is 0 Å². The van der Waals surface area contributed by atoms with E-state index in [1.807, 2.05) is 44.2 Å². The molecule has 1 rings (SSSR count). The number of sulfonamides is 1. The van der Waals surface area contributed by atoms with Crippen LogP contribution in [0.5, 0.6) is 0 Å². The lowest BCUT2D eigenvalue weighted by molar-refractivity contribution is -0.111. The fraction of sp³-hybridized carbons (Fsp3) is 0.462. The molecule has 0 aliphatic rings. The van der Waals surface area contributed by atoms with Crippen LogP contribution in [0.4, 0.5) is 0 Å². The molecule has 0 amide bonds. The van der Waals surface area contributed by atoms with Crippen molar-refractivity contribution in [2.45, 2.75) is 20.4 Å². The Kier molecular flexibility index (Phi) is 5.50. The van der Waals surface area contributed by atoms with Gasteiger partial charge < -0.3 is 4.79 Å². The molecule has 0 radical (unpaired) electrons. The van der Waals surface area contributed by atoms with Gasteiger partial charge in [0.2, 0.25) is 10.0 Å². The summed E-state index contributed by atoms with van der Waals surface area (Å²) in [4.78, 5) is 10.8. The Bertz CT molecular complexity index is 468. The molecule has 1 aromatic carbocycles. The third kappa shape index (κ3) is 4.98. The summed E-state index contributed by atoms with van der Waals surface area (Å²) in [5.41, 5.74) is 0.897. The van der Waals surface area contributed by atoms with Gasteiger partial charge in [0.15, 0.2) is 0 Å². The van der Waals surface area contributed by atoms with Crippen LogP contribution >= 0.6 is 0 Å². The zero-order valence-corrected chi connectivity index (χ0v) is 11.5. The normalized spacial score (nSPS) is 13.5. The van der Waals surface area contributed by atoms with E-state index in [9.17, 15) is 13.2 Å². The molecular formula is C13H19NO3S. The van der Waals surface area contributed by atoms with E-state index >= 15 is 0 Å². The first-order chi connectivity index (χ1) is 8.44. The number of rotatable bonds is 7. The van der Waals surface area contributed by atoms with E-state index in [1.54, 1.807) is 0 Å². The maximum absolute atomic E-state index is 11.8. The predicted octanol–water partition coefficient (Wildman–Crippen LogP) is 1.58. The van der Waals surface area contributed by atoms with E-state index in [2.05, 4.69) is 4.72 Å². The molecular weight excluding hydrogens is 250 g/mol. The topological polar surface area (TPSA) is 63.2 Å². The Morgan fingerprint density at radius 1 is 1.22 bits per heavy atom. The summed E-state index contributed by atoms with van der Waals surface area (Å²) in [6.07, 6.45) is 0.715. The SMILES string of the molecule is CC(C)C(C=O)CS(=O)(=O)NCc1ccccc1. The van der Waals surface area contributed by atoms with Gasteiger partial charge in [-0.05, 0) is 11.5 Å². The first-order valence-electron chi connectivity index (χ1n) is 5.91. The number of carbonyl (C=O) groups is 1. The van der Waals surface area contributed by atoms with Crippen molar-refractivity contribution in [3.05, 3.63) is 35.9 Å². The van der Waals surface area contributed by atoms with E-state index in [4.69, 9.17) is 0 Å². The molecule has 1 N–H and O–H groups in total. The summed E-state index contributed by atoms with van der Waals surface area (Å²) < 4.78 is 26.1. The molecule has 5 heteroatoms. The van der Waals surface area contributed by atoms with Crippen molar-refractivity contribution in [1.82, 2.24) is 4.72 Å². The Hall–Kier alpha value is -1.20. The van der Waals surface area contributed by atoms with Crippen molar-refractivity contribution in [2.24, 2.45) is 11.8 Å². The molecule has 18 heavy (non-hydrogen) atoms. The molecule has 1 unspecified atom stereocenters. The van der Waals surface area contributed by atoms with Crippen LogP contribution in [0.15, 0.2) is 30.3 Å². The predicted molar refractivity (Wildman–Crippen MR) is 71.5 cm³/mol. The molecule has 0 saturated heterocycles. The summed E-state index contributed by atoms with van der Waals surface area (Å²) in [6.45, 7) is 3.93. The molecule has 0 saturated carbocycles. The molecule has 0 spiro atoms. The average molecular weight is 269 g/mol. The highest BCUT2D eigenvalue weighted by Gasteiger charge is 2.21. The molecule has 0 aliphatic heterocycles. The monoisotopic (exact) mass is 269 g/mol. The fourth-order valence-electron chi connectivity index (χ4n) is 1.49.